The predicted octanol–water partition coefficient (Wildman–Crippen LogP) is 6.03. The molecule has 3 rings (SSSR count). The lowest BCUT2D eigenvalue weighted by Crippen LogP contribution is -2.07. The zero-order chi connectivity index (χ0) is 18.5. The highest BCUT2D eigenvalue weighted by Gasteiger charge is 2.15. The molecule has 4 nitrogen and oxygen atoms in total. The van der Waals surface area contributed by atoms with E-state index >= 15 is 0 Å². The Morgan fingerprint density at radius 3 is 2.46 bits per heavy atom. The first-order chi connectivity index (χ1) is 12.6. The van der Waals surface area contributed by atoms with Gasteiger partial charge in [-0.3, -0.25) is 0 Å². The van der Waals surface area contributed by atoms with Gasteiger partial charge in [0.05, 0.1) is 7.11 Å². The van der Waals surface area contributed by atoms with Gasteiger partial charge in [-0.1, -0.05) is 40.1 Å². The lowest BCUT2D eigenvalue weighted by atomic mass is 9.97. The van der Waals surface area contributed by atoms with Crippen molar-refractivity contribution in [1.29, 1.82) is 0 Å². The first-order valence-corrected chi connectivity index (χ1v) is 9.48. The summed E-state index contributed by atoms with van der Waals surface area (Å²) in [5.41, 5.74) is 4.16. The number of nitrogens with zero attached hydrogens (tertiary/aromatic N) is 1. The fourth-order valence-corrected chi connectivity index (χ4v) is 3.15. The minimum atomic E-state index is 0.449. The zero-order valence-corrected chi connectivity index (χ0v) is 16.8. The maximum absolute atomic E-state index is 5.55. The average molecular weight is 415 g/mol. The first-order valence-electron chi connectivity index (χ1n) is 8.68. The fourth-order valence-electron chi connectivity index (χ4n) is 2.89. The second kappa shape index (κ2) is 8.41. The number of aromatic nitrogens is 1. The maximum atomic E-state index is 5.55. The molecule has 0 radical (unpaired) electrons. The van der Waals surface area contributed by atoms with Gasteiger partial charge in [0, 0.05) is 16.6 Å². The van der Waals surface area contributed by atoms with Gasteiger partial charge >= 0.3 is 0 Å². The molecule has 1 heterocycles. The summed E-state index contributed by atoms with van der Waals surface area (Å²) in [5.74, 6) is 2.12. The van der Waals surface area contributed by atoms with E-state index in [4.69, 9.17) is 9.26 Å². The van der Waals surface area contributed by atoms with Crippen molar-refractivity contribution in [3.05, 3.63) is 64.3 Å². The van der Waals surface area contributed by atoms with Crippen LogP contribution in [-0.2, 0) is 0 Å². The van der Waals surface area contributed by atoms with Crippen molar-refractivity contribution in [2.45, 2.75) is 26.2 Å². The molecule has 0 aliphatic heterocycles. The van der Waals surface area contributed by atoms with E-state index in [0.29, 0.717) is 5.92 Å². The molecule has 0 saturated heterocycles. The predicted molar refractivity (Wildman–Crippen MR) is 109 cm³/mol. The first kappa shape index (κ1) is 18.5. The van der Waals surface area contributed by atoms with Crippen LogP contribution < -0.4 is 10.1 Å². The topological polar surface area (TPSA) is 47.3 Å². The third kappa shape index (κ3) is 4.28. The molecule has 3 aromatic rings. The van der Waals surface area contributed by atoms with Gasteiger partial charge in [0.25, 0.3) is 0 Å². The van der Waals surface area contributed by atoms with E-state index in [1.54, 1.807) is 7.11 Å². The lowest BCUT2D eigenvalue weighted by molar-refractivity contribution is 0.414. The number of hydrogen-bond acceptors (Lipinski definition) is 4. The van der Waals surface area contributed by atoms with Crippen molar-refractivity contribution in [2.24, 2.45) is 0 Å². The molecule has 1 unspecified atom stereocenters. The summed E-state index contributed by atoms with van der Waals surface area (Å²) in [4.78, 5) is 0. The van der Waals surface area contributed by atoms with Crippen LogP contribution in [0.3, 0.4) is 0 Å². The van der Waals surface area contributed by atoms with Crippen LogP contribution in [-0.4, -0.2) is 18.8 Å². The number of anilines is 1. The molecule has 0 fully saturated rings. The largest absolute Gasteiger partial charge is 0.497 e. The van der Waals surface area contributed by atoms with Gasteiger partial charge in [-0.25, -0.2) is 0 Å². The highest BCUT2D eigenvalue weighted by molar-refractivity contribution is 9.10. The van der Waals surface area contributed by atoms with E-state index in [2.05, 4.69) is 45.5 Å². The van der Waals surface area contributed by atoms with Gasteiger partial charge in [0.2, 0.25) is 0 Å². The standard InChI is InChI=1S/C21H23BrN2O2/c1-14(16-6-10-19(25-3)11-7-16)12-13-23-20-15(2)24-26-21(20)17-4-8-18(22)9-5-17/h4-11,14,23H,12-13H2,1-3H3. The summed E-state index contributed by atoms with van der Waals surface area (Å²) in [5, 5.41) is 7.63. The Morgan fingerprint density at radius 1 is 1.12 bits per heavy atom. The van der Waals surface area contributed by atoms with Gasteiger partial charge in [-0.15, -0.1) is 0 Å². The van der Waals surface area contributed by atoms with E-state index in [1.165, 1.54) is 5.56 Å². The quantitative estimate of drug-likeness (QED) is 0.512. The Kier molecular flexibility index (Phi) is 5.99. The summed E-state index contributed by atoms with van der Waals surface area (Å²) < 4.78 is 11.8. The van der Waals surface area contributed by atoms with Crippen LogP contribution >= 0.6 is 15.9 Å². The third-order valence-electron chi connectivity index (χ3n) is 4.53. The summed E-state index contributed by atoms with van der Waals surface area (Å²) >= 11 is 3.46. The summed E-state index contributed by atoms with van der Waals surface area (Å²) in [6.45, 7) is 5.04. The van der Waals surface area contributed by atoms with Crippen LogP contribution in [0.2, 0.25) is 0 Å². The monoisotopic (exact) mass is 414 g/mol. The molecule has 0 spiro atoms. The number of ether oxygens (including phenoxy) is 1. The SMILES string of the molecule is COc1ccc(C(C)CCNc2c(C)noc2-c2ccc(Br)cc2)cc1. The molecule has 26 heavy (non-hydrogen) atoms. The van der Waals surface area contributed by atoms with Crippen molar-refractivity contribution in [2.75, 3.05) is 19.0 Å². The number of hydrogen-bond donors (Lipinski definition) is 1. The third-order valence-corrected chi connectivity index (χ3v) is 5.06. The zero-order valence-electron chi connectivity index (χ0n) is 15.3. The molecule has 0 aliphatic rings. The molecule has 0 amide bonds. The molecule has 1 aromatic heterocycles. The van der Waals surface area contributed by atoms with Crippen molar-refractivity contribution in [3.8, 4) is 17.1 Å². The molecular weight excluding hydrogens is 392 g/mol. The van der Waals surface area contributed by atoms with E-state index in [1.807, 2.05) is 43.3 Å². The molecule has 0 saturated carbocycles. The molecule has 0 aliphatic carbocycles. The number of rotatable bonds is 7. The van der Waals surface area contributed by atoms with Gasteiger partial charge in [0.1, 0.15) is 17.1 Å². The highest BCUT2D eigenvalue weighted by atomic mass is 79.9. The summed E-state index contributed by atoms with van der Waals surface area (Å²) in [6, 6.07) is 16.3. The minimum absolute atomic E-state index is 0.449. The Balaban J connectivity index is 1.64. The van der Waals surface area contributed by atoms with E-state index < -0.39 is 0 Å². The average Bonchev–Trinajstić information content (AvgIpc) is 3.03. The smallest absolute Gasteiger partial charge is 0.190 e. The molecule has 1 atom stereocenters. The maximum Gasteiger partial charge on any atom is 0.190 e. The van der Waals surface area contributed by atoms with Crippen molar-refractivity contribution in [3.63, 3.8) is 0 Å². The molecule has 136 valence electrons. The van der Waals surface area contributed by atoms with Crippen LogP contribution in [0.1, 0.15) is 30.5 Å². The van der Waals surface area contributed by atoms with Gasteiger partial charge in [-0.2, -0.15) is 0 Å². The van der Waals surface area contributed by atoms with Crippen molar-refractivity contribution in [1.82, 2.24) is 5.16 Å². The van der Waals surface area contributed by atoms with E-state index in [0.717, 1.165) is 45.9 Å². The van der Waals surface area contributed by atoms with Gasteiger partial charge in [-0.05, 0) is 61.2 Å². The summed E-state index contributed by atoms with van der Waals surface area (Å²) in [6.07, 6.45) is 1.01. The number of nitrogens with one attached hydrogen (secondary N) is 1. The Bertz CT molecular complexity index is 841. The Morgan fingerprint density at radius 2 is 1.81 bits per heavy atom. The van der Waals surface area contributed by atoms with E-state index in [9.17, 15) is 0 Å². The highest BCUT2D eigenvalue weighted by Crippen LogP contribution is 2.32. The molecule has 0 bridgehead atoms. The Labute approximate surface area is 162 Å². The normalized spacial score (nSPS) is 12.0. The van der Waals surface area contributed by atoms with Crippen LogP contribution in [0.15, 0.2) is 57.5 Å². The van der Waals surface area contributed by atoms with Crippen LogP contribution in [0.4, 0.5) is 5.69 Å². The van der Waals surface area contributed by atoms with Crippen LogP contribution in [0, 0.1) is 6.92 Å². The second-order valence-corrected chi connectivity index (χ2v) is 7.28. The Hall–Kier alpha value is -2.27. The molecular formula is C21H23BrN2O2. The summed E-state index contributed by atoms with van der Waals surface area (Å²) in [7, 11) is 1.69. The second-order valence-electron chi connectivity index (χ2n) is 6.37. The number of aryl methyl sites for hydroxylation is 1. The molecule has 5 heteroatoms. The van der Waals surface area contributed by atoms with Gasteiger partial charge in [0.15, 0.2) is 5.76 Å². The number of benzene rings is 2. The molecule has 1 N–H and O–H groups in total. The fraction of sp³-hybridized carbons (Fsp3) is 0.286. The minimum Gasteiger partial charge on any atom is -0.497 e. The van der Waals surface area contributed by atoms with Crippen molar-refractivity contribution < 1.29 is 9.26 Å². The lowest BCUT2D eigenvalue weighted by Gasteiger charge is -2.14. The number of halogens is 1. The van der Waals surface area contributed by atoms with Crippen LogP contribution in [0.25, 0.3) is 11.3 Å². The van der Waals surface area contributed by atoms with Crippen molar-refractivity contribution >= 4 is 21.6 Å². The van der Waals surface area contributed by atoms with Crippen LogP contribution in [0.5, 0.6) is 5.75 Å². The van der Waals surface area contributed by atoms with E-state index in [-0.39, 0.29) is 0 Å². The molecule has 2 aromatic carbocycles. The van der Waals surface area contributed by atoms with Gasteiger partial charge < -0.3 is 14.6 Å². The number of methoxy groups -OCH3 is 1.